The van der Waals surface area contributed by atoms with Crippen LogP contribution in [0.15, 0.2) is 24.3 Å². The summed E-state index contributed by atoms with van der Waals surface area (Å²) in [5.41, 5.74) is 0.705. The Morgan fingerprint density at radius 2 is 1.85 bits per heavy atom. The Morgan fingerprint density at radius 1 is 1.15 bits per heavy atom. The van der Waals surface area contributed by atoms with Gasteiger partial charge in [-0.05, 0) is 38.2 Å². The van der Waals surface area contributed by atoms with E-state index in [0.717, 1.165) is 0 Å². The summed E-state index contributed by atoms with van der Waals surface area (Å²) in [5, 5.41) is 8.33. The third-order valence-corrected chi connectivity index (χ3v) is 2.48. The van der Waals surface area contributed by atoms with Crippen LogP contribution in [-0.4, -0.2) is 38.6 Å². The summed E-state index contributed by atoms with van der Waals surface area (Å²) in [5.74, 6) is 0.386. The zero-order valence-corrected chi connectivity index (χ0v) is 11.9. The second-order valence-electron chi connectivity index (χ2n) is 4.17. The minimum atomic E-state index is -0.156. The van der Waals surface area contributed by atoms with Gasteiger partial charge >= 0.3 is 0 Å². The van der Waals surface area contributed by atoms with Gasteiger partial charge in [0.15, 0.2) is 6.61 Å². The molecule has 0 radical (unpaired) electrons. The SMILES string of the molecule is CCNC(=O)COc1ccc(NC(=O)CCNC)cc1. The predicted molar refractivity (Wildman–Crippen MR) is 77.8 cm³/mol. The Labute approximate surface area is 118 Å². The van der Waals surface area contributed by atoms with Gasteiger partial charge in [-0.15, -0.1) is 0 Å². The maximum Gasteiger partial charge on any atom is 0.257 e. The molecule has 0 saturated carbocycles. The number of benzene rings is 1. The topological polar surface area (TPSA) is 79.5 Å². The van der Waals surface area contributed by atoms with Crippen LogP contribution in [-0.2, 0) is 9.59 Å². The lowest BCUT2D eigenvalue weighted by Crippen LogP contribution is -2.28. The second-order valence-corrected chi connectivity index (χ2v) is 4.17. The van der Waals surface area contributed by atoms with Gasteiger partial charge in [0.25, 0.3) is 5.91 Å². The highest BCUT2D eigenvalue weighted by molar-refractivity contribution is 5.90. The molecular formula is C14H21N3O3. The molecule has 0 unspecified atom stereocenters. The number of carbonyl (C=O) groups excluding carboxylic acids is 2. The molecule has 1 aromatic rings. The standard InChI is InChI=1S/C14H21N3O3/c1-3-16-14(19)10-20-12-6-4-11(5-7-12)17-13(18)8-9-15-2/h4-7,15H,3,8-10H2,1-2H3,(H,16,19)(H,17,18). The van der Waals surface area contributed by atoms with Crippen molar-refractivity contribution in [1.82, 2.24) is 10.6 Å². The van der Waals surface area contributed by atoms with Crippen molar-refractivity contribution in [2.45, 2.75) is 13.3 Å². The number of amides is 2. The molecule has 110 valence electrons. The number of nitrogens with one attached hydrogen (secondary N) is 3. The van der Waals surface area contributed by atoms with Gasteiger partial charge in [-0.2, -0.15) is 0 Å². The second kappa shape index (κ2) is 8.92. The molecule has 0 aliphatic rings. The third kappa shape index (κ3) is 6.19. The average molecular weight is 279 g/mol. The Kier molecular flexibility index (Phi) is 7.13. The van der Waals surface area contributed by atoms with Crippen molar-refractivity contribution in [2.24, 2.45) is 0 Å². The van der Waals surface area contributed by atoms with Gasteiger partial charge in [-0.3, -0.25) is 9.59 Å². The fourth-order valence-electron chi connectivity index (χ4n) is 1.49. The number of hydrogen-bond donors (Lipinski definition) is 3. The number of rotatable bonds is 8. The number of hydrogen-bond acceptors (Lipinski definition) is 4. The van der Waals surface area contributed by atoms with E-state index >= 15 is 0 Å². The average Bonchev–Trinajstić information content (AvgIpc) is 2.45. The first-order valence-corrected chi connectivity index (χ1v) is 6.59. The highest BCUT2D eigenvalue weighted by Gasteiger charge is 2.03. The van der Waals surface area contributed by atoms with Crippen molar-refractivity contribution >= 4 is 17.5 Å². The van der Waals surface area contributed by atoms with Crippen molar-refractivity contribution in [2.75, 3.05) is 32.1 Å². The van der Waals surface area contributed by atoms with E-state index in [1.54, 1.807) is 31.3 Å². The maximum atomic E-state index is 11.5. The number of likely N-dealkylation sites (N-methyl/N-ethyl adjacent to an activating group) is 1. The Bertz CT molecular complexity index is 432. The van der Waals surface area contributed by atoms with Crippen molar-refractivity contribution in [1.29, 1.82) is 0 Å². The molecule has 0 aromatic heterocycles. The predicted octanol–water partition coefficient (Wildman–Crippen LogP) is 0.749. The molecule has 0 atom stereocenters. The van der Waals surface area contributed by atoms with Crippen molar-refractivity contribution in [3.63, 3.8) is 0 Å². The number of anilines is 1. The minimum Gasteiger partial charge on any atom is -0.484 e. The lowest BCUT2D eigenvalue weighted by atomic mass is 10.3. The van der Waals surface area contributed by atoms with E-state index in [0.29, 0.717) is 30.9 Å². The smallest absolute Gasteiger partial charge is 0.257 e. The Balaban J connectivity index is 2.40. The van der Waals surface area contributed by atoms with Crippen LogP contribution in [0.1, 0.15) is 13.3 Å². The molecule has 0 fully saturated rings. The Hall–Kier alpha value is -2.08. The van der Waals surface area contributed by atoms with Crippen LogP contribution in [0.5, 0.6) is 5.75 Å². The van der Waals surface area contributed by atoms with Gasteiger partial charge < -0.3 is 20.7 Å². The van der Waals surface area contributed by atoms with Crippen LogP contribution >= 0.6 is 0 Å². The summed E-state index contributed by atoms with van der Waals surface area (Å²) >= 11 is 0. The minimum absolute atomic E-state index is 0.0122. The lowest BCUT2D eigenvalue weighted by Gasteiger charge is -2.08. The van der Waals surface area contributed by atoms with Crippen LogP contribution in [0.25, 0.3) is 0 Å². The van der Waals surface area contributed by atoms with Crippen LogP contribution in [0, 0.1) is 0 Å². The first kappa shape index (κ1) is 16.0. The number of carbonyl (C=O) groups is 2. The molecule has 0 aliphatic heterocycles. The van der Waals surface area contributed by atoms with Crippen molar-refractivity contribution < 1.29 is 14.3 Å². The molecule has 2 amide bonds. The van der Waals surface area contributed by atoms with E-state index in [2.05, 4.69) is 16.0 Å². The lowest BCUT2D eigenvalue weighted by molar-refractivity contribution is -0.123. The summed E-state index contributed by atoms with van der Waals surface area (Å²) in [7, 11) is 1.80. The van der Waals surface area contributed by atoms with Gasteiger partial charge in [-0.25, -0.2) is 0 Å². The largest absolute Gasteiger partial charge is 0.484 e. The molecule has 20 heavy (non-hydrogen) atoms. The molecule has 0 aliphatic carbocycles. The van der Waals surface area contributed by atoms with E-state index in [1.165, 1.54) is 0 Å². The van der Waals surface area contributed by atoms with Gasteiger partial charge in [0.1, 0.15) is 5.75 Å². The number of ether oxygens (including phenoxy) is 1. The Morgan fingerprint density at radius 3 is 2.45 bits per heavy atom. The highest BCUT2D eigenvalue weighted by atomic mass is 16.5. The van der Waals surface area contributed by atoms with Crippen LogP contribution in [0.2, 0.25) is 0 Å². The molecule has 0 heterocycles. The molecular weight excluding hydrogens is 258 g/mol. The third-order valence-electron chi connectivity index (χ3n) is 2.48. The zero-order chi connectivity index (χ0) is 14.8. The maximum absolute atomic E-state index is 11.5. The molecule has 0 spiro atoms. The van der Waals surface area contributed by atoms with Crippen LogP contribution < -0.4 is 20.7 Å². The molecule has 0 bridgehead atoms. The first-order valence-electron chi connectivity index (χ1n) is 6.59. The summed E-state index contributed by atoms with van der Waals surface area (Å²) in [4.78, 5) is 22.7. The van der Waals surface area contributed by atoms with E-state index in [4.69, 9.17) is 4.74 Å². The quantitative estimate of drug-likeness (QED) is 0.656. The molecule has 0 saturated heterocycles. The van der Waals surface area contributed by atoms with Gasteiger partial charge in [-0.1, -0.05) is 0 Å². The van der Waals surface area contributed by atoms with Crippen LogP contribution in [0.3, 0.4) is 0 Å². The summed E-state index contributed by atoms with van der Waals surface area (Å²) in [6.07, 6.45) is 0.423. The fraction of sp³-hybridized carbons (Fsp3) is 0.429. The highest BCUT2D eigenvalue weighted by Crippen LogP contribution is 2.15. The summed E-state index contributed by atoms with van der Waals surface area (Å²) in [6, 6.07) is 6.91. The normalized spacial score (nSPS) is 9.90. The summed E-state index contributed by atoms with van der Waals surface area (Å²) in [6.45, 7) is 3.06. The molecule has 6 heteroatoms. The van der Waals surface area contributed by atoms with Gasteiger partial charge in [0, 0.05) is 25.2 Å². The molecule has 3 N–H and O–H groups in total. The molecule has 6 nitrogen and oxygen atoms in total. The summed E-state index contributed by atoms with van der Waals surface area (Å²) < 4.78 is 5.31. The first-order chi connectivity index (χ1) is 9.65. The van der Waals surface area contributed by atoms with Crippen molar-refractivity contribution in [3.8, 4) is 5.75 Å². The zero-order valence-electron chi connectivity index (χ0n) is 11.9. The van der Waals surface area contributed by atoms with E-state index < -0.39 is 0 Å². The van der Waals surface area contributed by atoms with E-state index in [9.17, 15) is 9.59 Å². The molecule has 1 rings (SSSR count). The van der Waals surface area contributed by atoms with E-state index in [-0.39, 0.29) is 18.4 Å². The van der Waals surface area contributed by atoms with Crippen molar-refractivity contribution in [3.05, 3.63) is 24.3 Å². The fourth-order valence-corrected chi connectivity index (χ4v) is 1.49. The van der Waals surface area contributed by atoms with Crippen LogP contribution in [0.4, 0.5) is 5.69 Å². The van der Waals surface area contributed by atoms with Gasteiger partial charge in [0.05, 0.1) is 0 Å². The van der Waals surface area contributed by atoms with Gasteiger partial charge in [0.2, 0.25) is 5.91 Å². The monoisotopic (exact) mass is 279 g/mol. The molecule has 1 aromatic carbocycles. The van der Waals surface area contributed by atoms with E-state index in [1.807, 2.05) is 6.92 Å².